The maximum atomic E-state index is 10.6. The normalized spacial score (nSPS) is 15.1. The number of aliphatic hydroxyl groups excluding tert-OH is 1. The first-order chi connectivity index (χ1) is 9.38. The summed E-state index contributed by atoms with van der Waals surface area (Å²) in [6.45, 7) is 8.19. The van der Waals surface area contributed by atoms with Crippen LogP contribution in [0.4, 0.5) is 0 Å². The summed E-state index contributed by atoms with van der Waals surface area (Å²) in [4.78, 5) is 4.00. The number of hydrogen-bond acceptors (Lipinski definition) is 3. The molecule has 1 aromatic heterocycles. The highest BCUT2D eigenvalue weighted by molar-refractivity contribution is 5.22. The van der Waals surface area contributed by atoms with E-state index in [1.807, 2.05) is 20.8 Å². The van der Waals surface area contributed by atoms with Gasteiger partial charge in [0.25, 0.3) is 0 Å². The fourth-order valence-electron chi connectivity index (χ4n) is 2.28. The monoisotopic (exact) mass is 273 g/mol. The van der Waals surface area contributed by atoms with Crippen molar-refractivity contribution >= 4 is 0 Å². The van der Waals surface area contributed by atoms with Crippen molar-refractivity contribution in [2.75, 3.05) is 0 Å². The van der Waals surface area contributed by atoms with Crippen LogP contribution in [0.25, 0.3) is 0 Å². The van der Waals surface area contributed by atoms with Gasteiger partial charge in [-0.05, 0) is 24.3 Å². The first-order valence-electron chi connectivity index (χ1n) is 6.95. The predicted octanol–water partition coefficient (Wildman–Crippen LogP) is 2.78. The molecule has 0 radical (unpaired) electrons. The molecule has 1 aromatic carbocycles. The van der Waals surface area contributed by atoms with Gasteiger partial charge in [-0.15, -0.1) is 0 Å². The highest BCUT2D eigenvalue weighted by Gasteiger charge is 2.32. The minimum atomic E-state index is -0.495. The number of benzene rings is 1. The highest BCUT2D eigenvalue weighted by atomic mass is 16.3. The Balaban J connectivity index is 2.26. The maximum Gasteiger partial charge on any atom is 0.137 e. The summed E-state index contributed by atoms with van der Waals surface area (Å²) in [5, 5.41) is 14.9. The highest BCUT2D eigenvalue weighted by Crippen LogP contribution is 2.30. The lowest BCUT2D eigenvalue weighted by molar-refractivity contribution is 0.0124. The lowest BCUT2D eigenvalue weighted by Gasteiger charge is -2.33. The molecule has 0 bridgehead atoms. The van der Waals surface area contributed by atoms with Crippen molar-refractivity contribution in [2.45, 2.75) is 46.3 Å². The summed E-state index contributed by atoms with van der Waals surface area (Å²) in [6.07, 6.45) is 3.43. The van der Waals surface area contributed by atoms with Crippen molar-refractivity contribution in [3.8, 4) is 0 Å². The number of aryl methyl sites for hydroxylation is 1. The zero-order chi connectivity index (χ0) is 14.8. The third-order valence-corrected chi connectivity index (χ3v) is 3.59. The van der Waals surface area contributed by atoms with Crippen LogP contribution in [-0.2, 0) is 6.42 Å². The molecule has 108 valence electrons. The number of aromatic nitrogens is 3. The topological polar surface area (TPSA) is 50.9 Å². The Morgan fingerprint density at radius 1 is 1.20 bits per heavy atom. The SMILES string of the molecule is Cc1ccc(CC(C(O)C(C)(C)C)n2cncn2)cc1. The van der Waals surface area contributed by atoms with Crippen LogP contribution in [0.15, 0.2) is 36.9 Å². The molecule has 4 nitrogen and oxygen atoms in total. The number of hydrogen-bond donors (Lipinski definition) is 1. The third-order valence-electron chi connectivity index (χ3n) is 3.59. The van der Waals surface area contributed by atoms with E-state index >= 15 is 0 Å². The van der Waals surface area contributed by atoms with E-state index in [2.05, 4.69) is 41.3 Å². The zero-order valence-corrected chi connectivity index (χ0v) is 12.6. The van der Waals surface area contributed by atoms with Gasteiger partial charge in [0.2, 0.25) is 0 Å². The second-order valence-electron chi connectivity index (χ2n) is 6.44. The van der Waals surface area contributed by atoms with E-state index in [-0.39, 0.29) is 11.5 Å². The first kappa shape index (κ1) is 14.7. The molecule has 20 heavy (non-hydrogen) atoms. The van der Waals surface area contributed by atoms with Crippen LogP contribution in [0.2, 0.25) is 0 Å². The minimum Gasteiger partial charge on any atom is -0.390 e. The van der Waals surface area contributed by atoms with Gasteiger partial charge < -0.3 is 5.11 Å². The molecule has 0 saturated heterocycles. The van der Waals surface area contributed by atoms with Crippen molar-refractivity contribution < 1.29 is 5.11 Å². The molecule has 2 rings (SSSR count). The van der Waals surface area contributed by atoms with E-state index < -0.39 is 6.10 Å². The van der Waals surface area contributed by atoms with Crippen LogP contribution in [0, 0.1) is 12.3 Å². The van der Waals surface area contributed by atoms with E-state index in [1.165, 1.54) is 17.5 Å². The third kappa shape index (κ3) is 3.45. The number of rotatable bonds is 4. The van der Waals surface area contributed by atoms with E-state index in [4.69, 9.17) is 0 Å². The fraction of sp³-hybridized carbons (Fsp3) is 0.500. The van der Waals surface area contributed by atoms with Gasteiger partial charge in [-0.2, -0.15) is 5.10 Å². The Morgan fingerprint density at radius 3 is 2.35 bits per heavy atom. The standard InChI is InChI=1S/C16H23N3O/c1-12-5-7-13(8-6-12)9-14(15(20)16(2,3)4)19-11-17-10-18-19/h5-8,10-11,14-15,20H,9H2,1-4H3. The van der Waals surface area contributed by atoms with Crippen LogP contribution in [0.1, 0.15) is 37.9 Å². The van der Waals surface area contributed by atoms with Gasteiger partial charge in [0.1, 0.15) is 12.7 Å². The summed E-state index contributed by atoms with van der Waals surface area (Å²) in [5.74, 6) is 0. The van der Waals surface area contributed by atoms with Gasteiger partial charge in [-0.1, -0.05) is 50.6 Å². The van der Waals surface area contributed by atoms with Crippen LogP contribution < -0.4 is 0 Å². The molecule has 0 aliphatic heterocycles. The molecule has 2 atom stereocenters. The van der Waals surface area contributed by atoms with Crippen molar-refractivity contribution in [3.63, 3.8) is 0 Å². The Hall–Kier alpha value is -1.68. The molecule has 4 heteroatoms. The van der Waals surface area contributed by atoms with E-state index in [0.717, 1.165) is 6.42 Å². The summed E-state index contributed by atoms with van der Waals surface area (Å²) < 4.78 is 1.76. The van der Waals surface area contributed by atoms with Crippen molar-refractivity contribution in [1.82, 2.24) is 14.8 Å². The average Bonchev–Trinajstić information content (AvgIpc) is 2.90. The van der Waals surface area contributed by atoms with Gasteiger partial charge in [0, 0.05) is 0 Å². The lowest BCUT2D eigenvalue weighted by Crippen LogP contribution is -2.37. The molecule has 1 heterocycles. The summed E-state index contributed by atoms with van der Waals surface area (Å²) in [5.41, 5.74) is 2.23. The number of aliphatic hydroxyl groups is 1. The van der Waals surface area contributed by atoms with Crippen LogP contribution in [0.5, 0.6) is 0 Å². The largest absolute Gasteiger partial charge is 0.390 e. The van der Waals surface area contributed by atoms with Gasteiger partial charge in [0.05, 0.1) is 12.1 Å². The molecular formula is C16H23N3O. The first-order valence-corrected chi connectivity index (χ1v) is 6.95. The van der Waals surface area contributed by atoms with Gasteiger partial charge >= 0.3 is 0 Å². The Labute approximate surface area is 120 Å². The number of nitrogens with zero attached hydrogens (tertiary/aromatic N) is 3. The van der Waals surface area contributed by atoms with E-state index in [9.17, 15) is 5.11 Å². The lowest BCUT2D eigenvalue weighted by atomic mass is 9.82. The Morgan fingerprint density at radius 2 is 1.85 bits per heavy atom. The Kier molecular flexibility index (Phi) is 4.23. The molecule has 2 aromatic rings. The molecule has 2 unspecified atom stereocenters. The molecular weight excluding hydrogens is 250 g/mol. The van der Waals surface area contributed by atoms with Crippen LogP contribution in [-0.4, -0.2) is 26.0 Å². The summed E-state index contributed by atoms with van der Waals surface area (Å²) in [7, 11) is 0. The van der Waals surface area contributed by atoms with Gasteiger partial charge in [-0.25, -0.2) is 9.67 Å². The molecule has 0 aliphatic carbocycles. The quantitative estimate of drug-likeness (QED) is 0.932. The summed E-state index contributed by atoms with van der Waals surface area (Å²) >= 11 is 0. The van der Waals surface area contributed by atoms with Crippen molar-refractivity contribution in [2.24, 2.45) is 5.41 Å². The minimum absolute atomic E-state index is 0.111. The van der Waals surface area contributed by atoms with Crippen LogP contribution in [0.3, 0.4) is 0 Å². The molecule has 0 spiro atoms. The average molecular weight is 273 g/mol. The predicted molar refractivity (Wildman–Crippen MR) is 79.4 cm³/mol. The van der Waals surface area contributed by atoms with E-state index in [1.54, 1.807) is 11.0 Å². The van der Waals surface area contributed by atoms with Crippen molar-refractivity contribution in [3.05, 3.63) is 48.0 Å². The molecule has 0 saturated carbocycles. The summed E-state index contributed by atoms with van der Waals surface area (Å²) in [6, 6.07) is 8.29. The maximum absolute atomic E-state index is 10.6. The van der Waals surface area contributed by atoms with Gasteiger partial charge in [0.15, 0.2) is 0 Å². The molecule has 0 fully saturated rings. The smallest absolute Gasteiger partial charge is 0.137 e. The zero-order valence-electron chi connectivity index (χ0n) is 12.6. The molecule has 1 N–H and O–H groups in total. The van der Waals surface area contributed by atoms with E-state index in [0.29, 0.717) is 0 Å². The van der Waals surface area contributed by atoms with Crippen LogP contribution >= 0.6 is 0 Å². The second-order valence-corrected chi connectivity index (χ2v) is 6.44. The Bertz CT molecular complexity index is 526. The van der Waals surface area contributed by atoms with Crippen molar-refractivity contribution in [1.29, 1.82) is 0 Å². The molecule has 0 amide bonds. The second kappa shape index (κ2) is 5.75. The molecule has 0 aliphatic rings. The van der Waals surface area contributed by atoms with Gasteiger partial charge in [-0.3, -0.25) is 0 Å². The fourth-order valence-corrected chi connectivity index (χ4v) is 2.28.